The molecule has 0 aromatic carbocycles. The summed E-state index contributed by atoms with van der Waals surface area (Å²) in [7, 11) is 1.70. The zero-order valence-corrected chi connectivity index (χ0v) is 9.64. The topological polar surface area (TPSA) is 45.9 Å². The van der Waals surface area contributed by atoms with E-state index in [2.05, 4.69) is 11.1 Å². The summed E-state index contributed by atoms with van der Waals surface area (Å²) < 4.78 is 5.03. The molecule has 0 atom stereocenters. The molecule has 4 heteroatoms. The van der Waals surface area contributed by atoms with Gasteiger partial charge in [-0.15, -0.1) is 11.3 Å². The minimum atomic E-state index is 0.510. The van der Waals surface area contributed by atoms with Crippen LogP contribution in [-0.4, -0.2) is 18.7 Å². The molecular formula is C11H14N2OS. The molecule has 0 N–H and O–H groups in total. The molecule has 0 unspecified atom stereocenters. The summed E-state index contributed by atoms with van der Waals surface area (Å²) in [4.78, 5) is 5.79. The van der Waals surface area contributed by atoms with Gasteiger partial charge in [-0.25, -0.2) is 4.98 Å². The third-order valence-electron chi connectivity index (χ3n) is 2.50. The lowest BCUT2D eigenvalue weighted by atomic mass is 10.2. The van der Waals surface area contributed by atoms with E-state index in [1.165, 1.54) is 23.4 Å². The van der Waals surface area contributed by atoms with Crippen molar-refractivity contribution < 1.29 is 4.74 Å². The molecular weight excluding hydrogens is 208 g/mol. The normalized spacial score (nSPS) is 15.2. The number of nitriles is 1. The third kappa shape index (κ3) is 2.55. The summed E-state index contributed by atoms with van der Waals surface area (Å²) in [5.74, 6) is 0.640. The van der Waals surface area contributed by atoms with Crippen molar-refractivity contribution in [2.24, 2.45) is 0 Å². The summed E-state index contributed by atoms with van der Waals surface area (Å²) in [6.07, 6.45) is 3.86. The van der Waals surface area contributed by atoms with E-state index in [4.69, 9.17) is 10.00 Å². The zero-order chi connectivity index (χ0) is 10.7. The van der Waals surface area contributed by atoms with Crippen LogP contribution in [0.1, 0.15) is 34.3 Å². The van der Waals surface area contributed by atoms with E-state index in [-0.39, 0.29) is 0 Å². The van der Waals surface area contributed by atoms with Crippen LogP contribution >= 0.6 is 11.3 Å². The van der Waals surface area contributed by atoms with Crippen molar-refractivity contribution in [1.82, 2.24) is 4.98 Å². The maximum absolute atomic E-state index is 8.74. The minimum absolute atomic E-state index is 0.510. The molecule has 0 saturated heterocycles. The van der Waals surface area contributed by atoms with Crippen LogP contribution in [0.15, 0.2) is 0 Å². The number of hydrogen-bond donors (Lipinski definition) is 0. The lowest BCUT2D eigenvalue weighted by Crippen LogP contribution is -1.93. The quantitative estimate of drug-likeness (QED) is 0.767. The molecule has 0 radical (unpaired) electrons. The first kappa shape index (κ1) is 10.6. The summed E-state index contributed by atoms with van der Waals surface area (Å²) in [5.41, 5.74) is 1.19. The van der Waals surface area contributed by atoms with Crippen LogP contribution < -0.4 is 0 Å². The van der Waals surface area contributed by atoms with Crippen LogP contribution in [0, 0.1) is 11.3 Å². The van der Waals surface area contributed by atoms with E-state index in [1.54, 1.807) is 18.4 Å². The molecule has 0 bridgehead atoms. The molecule has 80 valence electrons. The van der Waals surface area contributed by atoms with Gasteiger partial charge in [-0.2, -0.15) is 5.26 Å². The Morgan fingerprint density at radius 3 is 3.00 bits per heavy atom. The van der Waals surface area contributed by atoms with Gasteiger partial charge in [0.2, 0.25) is 0 Å². The van der Waals surface area contributed by atoms with Crippen LogP contribution in [0.2, 0.25) is 0 Å². The molecule has 0 spiro atoms. The van der Waals surface area contributed by atoms with E-state index in [9.17, 15) is 0 Å². The zero-order valence-electron chi connectivity index (χ0n) is 8.82. The molecule has 1 aliphatic carbocycles. The van der Waals surface area contributed by atoms with Crippen LogP contribution in [0.25, 0.3) is 0 Å². The molecule has 3 nitrogen and oxygen atoms in total. The smallest absolute Gasteiger partial charge is 0.0954 e. The molecule has 1 heterocycles. The average Bonchev–Trinajstić information content (AvgIpc) is 3.00. The van der Waals surface area contributed by atoms with Gasteiger partial charge in [0.05, 0.1) is 29.8 Å². The molecule has 1 aromatic rings. The molecule has 15 heavy (non-hydrogen) atoms. The van der Waals surface area contributed by atoms with Crippen LogP contribution in [0.4, 0.5) is 0 Å². The lowest BCUT2D eigenvalue weighted by molar-refractivity contribution is 0.202. The Kier molecular flexibility index (Phi) is 3.34. The second-order valence-electron chi connectivity index (χ2n) is 3.77. The molecule has 0 aliphatic heterocycles. The number of aromatic nitrogens is 1. The van der Waals surface area contributed by atoms with E-state index in [0.29, 0.717) is 18.9 Å². The van der Waals surface area contributed by atoms with Gasteiger partial charge >= 0.3 is 0 Å². The van der Waals surface area contributed by atoms with Crippen molar-refractivity contribution in [3.63, 3.8) is 0 Å². The second kappa shape index (κ2) is 4.73. The number of hydrogen-bond acceptors (Lipinski definition) is 4. The van der Waals surface area contributed by atoms with Crippen LogP contribution in [0.5, 0.6) is 0 Å². The van der Waals surface area contributed by atoms with Gasteiger partial charge in [-0.05, 0) is 12.8 Å². The van der Waals surface area contributed by atoms with Crippen molar-refractivity contribution in [3.05, 3.63) is 15.6 Å². The highest BCUT2D eigenvalue weighted by atomic mass is 32.1. The largest absolute Gasteiger partial charge is 0.384 e. The fourth-order valence-electron chi connectivity index (χ4n) is 1.58. The number of methoxy groups -OCH3 is 1. The van der Waals surface area contributed by atoms with Gasteiger partial charge in [0, 0.05) is 24.3 Å². The monoisotopic (exact) mass is 222 g/mol. The predicted molar refractivity (Wildman–Crippen MR) is 59.0 cm³/mol. The Morgan fingerprint density at radius 2 is 2.40 bits per heavy atom. The minimum Gasteiger partial charge on any atom is -0.384 e. The Hall–Kier alpha value is -0.920. The van der Waals surface area contributed by atoms with Gasteiger partial charge in [-0.3, -0.25) is 0 Å². The van der Waals surface area contributed by atoms with E-state index < -0.39 is 0 Å². The van der Waals surface area contributed by atoms with Crippen molar-refractivity contribution >= 4 is 11.3 Å². The summed E-state index contributed by atoms with van der Waals surface area (Å²) in [6, 6.07) is 2.22. The molecule has 1 aromatic heterocycles. The predicted octanol–water partition coefficient (Wildman–Crippen LogP) is 2.28. The van der Waals surface area contributed by atoms with E-state index in [0.717, 1.165) is 11.4 Å². The molecule has 2 rings (SSSR count). The SMILES string of the molecule is COCCc1nc(C2CC2)c(CC#N)s1. The maximum atomic E-state index is 8.74. The highest BCUT2D eigenvalue weighted by Crippen LogP contribution is 2.42. The molecule has 1 fully saturated rings. The highest BCUT2D eigenvalue weighted by Gasteiger charge is 2.29. The number of ether oxygens (including phenoxy) is 1. The average molecular weight is 222 g/mol. The van der Waals surface area contributed by atoms with Crippen molar-refractivity contribution in [2.45, 2.75) is 31.6 Å². The van der Waals surface area contributed by atoms with Crippen molar-refractivity contribution in [2.75, 3.05) is 13.7 Å². The summed E-state index contributed by atoms with van der Waals surface area (Å²) in [5, 5.41) is 9.85. The molecule has 1 aliphatic rings. The number of thiazole rings is 1. The van der Waals surface area contributed by atoms with Gasteiger partial charge < -0.3 is 4.74 Å². The number of nitrogens with zero attached hydrogens (tertiary/aromatic N) is 2. The fourth-order valence-corrected chi connectivity index (χ4v) is 2.65. The Labute approximate surface area is 93.7 Å². The first-order chi connectivity index (χ1) is 7.35. The van der Waals surface area contributed by atoms with Crippen molar-refractivity contribution in [1.29, 1.82) is 5.26 Å². The van der Waals surface area contributed by atoms with Gasteiger partial charge in [-0.1, -0.05) is 0 Å². The van der Waals surface area contributed by atoms with E-state index in [1.807, 2.05) is 0 Å². The maximum Gasteiger partial charge on any atom is 0.0954 e. The summed E-state index contributed by atoms with van der Waals surface area (Å²) in [6.45, 7) is 0.712. The second-order valence-corrected chi connectivity index (χ2v) is 4.94. The number of rotatable bonds is 5. The Balaban J connectivity index is 2.12. The third-order valence-corrected chi connectivity index (χ3v) is 3.63. The Morgan fingerprint density at radius 1 is 1.60 bits per heavy atom. The standard InChI is InChI=1S/C11H14N2OS/c1-14-7-5-10-13-11(8-2-3-8)9(15-10)4-6-12/h8H,2-5,7H2,1H3. The summed E-state index contributed by atoms with van der Waals surface area (Å²) >= 11 is 1.68. The first-order valence-corrected chi connectivity index (χ1v) is 6.01. The Bertz CT molecular complexity index is 376. The highest BCUT2D eigenvalue weighted by molar-refractivity contribution is 7.11. The fraction of sp³-hybridized carbons (Fsp3) is 0.636. The molecule has 0 amide bonds. The van der Waals surface area contributed by atoms with Crippen LogP contribution in [-0.2, 0) is 17.6 Å². The van der Waals surface area contributed by atoms with Gasteiger partial charge in [0.15, 0.2) is 0 Å². The van der Waals surface area contributed by atoms with Crippen molar-refractivity contribution in [3.8, 4) is 6.07 Å². The molecule has 1 saturated carbocycles. The first-order valence-electron chi connectivity index (χ1n) is 5.19. The van der Waals surface area contributed by atoms with Gasteiger partial charge in [0.25, 0.3) is 0 Å². The van der Waals surface area contributed by atoms with E-state index >= 15 is 0 Å². The van der Waals surface area contributed by atoms with Gasteiger partial charge in [0.1, 0.15) is 0 Å². The van der Waals surface area contributed by atoms with Crippen LogP contribution in [0.3, 0.4) is 0 Å². The lowest BCUT2D eigenvalue weighted by Gasteiger charge is -1.93.